The third-order valence-electron chi connectivity index (χ3n) is 5.47. The second-order valence-corrected chi connectivity index (χ2v) is 7.45. The Kier molecular flexibility index (Phi) is 6.96. The molecule has 1 unspecified atom stereocenters. The predicted molar refractivity (Wildman–Crippen MR) is 103 cm³/mol. The summed E-state index contributed by atoms with van der Waals surface area (Å²) in [5.74, 6) is 1.28. The summed E-state index contributed by atoms with van der Waals surface area (Å²) in [6, 6.07) is 2.52. The quantitative estimate of drug-likeness (QED) is 0.846. The Bertz CT molecular complexity index is 672. The molecule has 6 nitrogen and oxygen atoms in total. The molecule has 1 N–H and O–H groups in total. The highest BCUT2D eigenvalue weighted by Crippen LogP contribution is 2.27. The van der Waals surface area contributed by atoms with Gasteiger partial charge in [0.05, 0.1) is 5.69 Å². The fourth-order valence-corrected chi connectivity index (χ4v) is 3.36. The monoisotopic (exact) mass is 357 g/mol. The van der Waals surface area contributed by atoms with Crippen molar-refractivity contribution in [2.45, 2.75) is 66.3 Å². The molecule has 1 saturated heterocycles. The Morgan fingerprint density at radius 1 is 1.23 bits per heavy atom. The Labute approximate surface area is 157 Å². The van der Waals surface area contributed by atoms with Crippen LogP contribution in [-0.2, 0) is 17.6 Å². The minimum absolute atomic E-state index is 0.0338. The van der Waals surface area contributed by atoms with Gasteiger partial charge in [0.15, 0.2) is 5.82 Å². The Morgan fingerprint density at radius 2 is 1.88 bits per heavy atom. The van der Waals surface area contributed by atoms with Crippen molar-refractivity contribution in [3.05, 3.63) is 16.8 Å². The minimum atomic E-state index is 0.0338. The molecule has 1 amide bonds. The molecule has 26 heavy (non-hydrogen) atoms. The van der Waals surface area contributed by atoms with Gasteiger partial charge < -0.3 is 10.2 Å². The molecule has 0 bridgehead atoms. The van der Waals surface area contributed by atoms with Crippen LogP contribution in [0.4, 0.5) is 5.82 Å². The zero-order valence-corrected chi connectivity index (χ0v) is 16.7. The molecular formula is C20H31N5O. The normalized spacial score (nSPS) is 16.4. The highest BCUT2D eigenvalue weighted by Gasteiger charge is 2.29. The fraction of sp³-hybridized carbons (Fsp3) is 0.700. The first-order valence-corrected chi connectivity index (χ1v) is 9.76. The van der Waals surface area contributed by atoms with E-state index in [4.69, 9.17) is 0 Å². The Balaban J connectivity index is 2.09. The third-order valence-corrected chi connectivity index (χ3v) is 5.47. The first kappa shape index (κ1) is 20.2. The number of nitriles is 1. The van der Waals surface area contributed by atoms with Crippen molar-refractivity contribution in [3.63, 3.8) is 0 Å². The maximum atomic E-state index is 12.5. The van der Waals surface area contributed by atoms with E-state index in [-0.39, 0.29) is 17.9 Å². The van der Waals surface area contributed by atoms with Gasteiger partial charge in [0.1, 0.15) is 11.6 Å². The van der Waals surface area contributed by atoms with E-state index in [1.54, 1.807) is 0 Å². The van der Waals surface area contributed by atoms with Gasteiger partial charge in [-0.2, -0.15) is 10.4 Å². The highest BCUT2D eigenvalue weighted by molar-refractivity contribution is 5.79. The average Bonchev–Trinajstić information content (AvgIpc) is 2.66. The van der Waals surface area contributed by atoms with Gasteiger partial charge in [-0.05, 0) is 44.1 Å². The van der Waals surface area contributed by atoms with Crippen LogP contribution >= 0.6 is 0 Å². The predicted octanol–water partition coefficient (Wildman–Crippen LogP) is 2.85. The number of nitrogens with zero attached hydrogens (tertiary/aromatic N) is 4. The molecular weight excluding hydrogens is 326 g/mol. The molecule has 2 rings (SSSR count). The molecule has 1 fully saturated rings. The van der Waals surface area contributed by atoms with Gasteiger partial charge in [-0.1, -0.05) is 27.7 Å². The lowest BCUT2D eigenvalue weighted by Crippen LogP contribution is -2.44. The summed E-state index contributed by atoms with van der Waals surface area (Å²) in [6.07, 6.45) is 3.11. The van der Waals surface area contributed by atoms with Crippen molar-refractivity contribution in [2.75, 3.05) is 18.0 Å². The number of amides is 1. The number of anilines is 1. The number of carbonyl (C=O) groups is 1. The van der Waals surface area contributed by atoms with Crippen molar-refractivity contribution < 1.29 is 4.79 Å². The molecule has 1 aliphatic rings. The SMILES string of the molecule is CCc1nnc(N2CCC(C(=O)NC(C)C(C)C)CC2)c(C#N)c1CC. The first-order chi connectivity index (χ1) is 12.4. The zero-order chi connectivity index (χ0) is 19.3. The second-order valence-electron chi connectivity index (χ2n) is 7.45. The third kappa shape index (κ3) is 4.32. The molecule has 1 atom stereocenters. The van der Waals surface area contributed by atoms with Crippen LogP contribution < -0.4 is 10.2 Å². The lowest BCUT2D eigenvalue weighted by atomic mass is 9.94. The molecule has 1 aromatic heterocycles. The summed E-state index contributed by atoms with van der Waals surface area (Å²) in [5, 5.41) is 21.5. The summed E-state index contributed by atoms with van der Waals surface area (Å²) >= 11 is 0. The molecule has 0 saturated carbocycles. The molecule has 0 aromatic carbocycles. The van der Waals surface area contributed by atoms with Crippen LogP contribution in [0.1, 0.15) is 64.3 Å². The smallest absolute Gasteiger partial charge is 0.223 e. The molecule has 0 spiro atoms. The maximum Gasteiger partial charge on any atom is 0.223 e. The molecule has 1 aromatic rings. The summed E-state index contributed by atoms with van der Waals surface area (Å²) in [4.78, 5) is 14.6. The largest absolute Gasteiger partial charge is 0.354 e. The van der Waals surface area contributed by atoms with Crippen molar-refractivity contribution >= 4 is 11.7 Å². The number of hydrogen-bond donors (Lipinski definition) is 1. The topological polar surface area (TPSA) is 81.9 Å². The van der Waals surface area contributed by atoms with E-state index < -0.39 is 0 Å². The minimum Gasteiger partial charge on any atom is -0.354 e. The van der Waals surface area contributed by atoms with Crippen LogP contribution in [0, 0.1) is 23.2 Å². The summed E-state index contributed by atoms with van der Waals surface area (Å²) in [5.41, 5.74) is 2.56. The van der Waals surface area contributed by atoms with Crippen LogP contribution in [-0.4, -0.2) is 35.2 Å². The van der Waals surface area contributed by atoms with Gasteiger partial charge in [-0.15, -0.1) is 5.10 Å². The van der Waals surface area contributed by atoms with E-state index in [1.807, 2.05) is 20.8 Å². The number of aryl methyl sites for hydroxylation is 1. The summed E-state index contributed by atoms with van der Waals surface area (Å²) in [6.45, 7) is 11.8. The number of nitrogens with one attached hydrogen (secondary N) is 1. The Morgan fingerprint density at radius 3 is 2.38 bits per heavy atom. The lowest BCUT2D eigenvalue weighted by molar-refractivity contribution is -0.126. The molecule has 0 aliphatic carbocycles. The number of rotatable bonds is 6. The van der Waals surface area contributed by atoms with Crippen molar-refractivity contribution in [1.29, 1.82) is 5.26 Å². The maximum absolute atomic E-state index is 12.5. The molecule has 6 heteroatoms. The number of aromatic nitrogens is 2. The standard InChI is InChI=1S/C20H31N5O/c1-6-16-17(12-21)19(24-23-18(16)7-2)25-10-8-15(9-11-25)20(26)22-14(5)13(3)4/h13-15H,6-11H2,1-5H3,(H,22,26). The van der Waals surface area contributed by atoms with Gasteiger partial charge >= 0.3 is 0 Å². The van der Waals surface area contributed by atoms with Gasteiger partial charge in [-0.25, -0.2) is 0 Å². The van der Waals surface area contributed by atoms with Crippen LogP contribution in [0.3, 0.4) is 0 Å². The summed E-state index contributed by atoms with van der Waals surface area (Å²) in [7, 11) is 0. The van der Waals surface area contributed by atoms with E-state index in [9.17, 15) is 10.1 Å². The van der Waals surface area contributed by atoms with Gasteiger partial charge in [-0.3, -0.25) is 4.79 Å². The van der Waals surface area contributed by atoms with E-state index in [2.05, 4.69) is 40.3 Å². The molecule has 0 radical (unpaired) electrons. The molecule has 1 aliphatic heterocycles. The average molecular weight is 358 g/mol. The van der Waals surface area contributed by atoms with Crippen LogP contribution in [0.5, 0.6) is 0 Å². The van der Waals surface area contributed by atoms with E-state index in [1.165, 1.54) is 0 Å². The second kappa shape index (κ2) is 8.98. The van der Waals surface area contributed by atoms with E-state index in [0.29, 0.717) is 17.3 Å². The van der Waals surface area contributed by atoms with Crippen molar-refractivity contribution in [1.82, 2.24) is 15.5 Å². The van der Waals surface area contributed by atoms with Gasteiger partial charge in [0.2, 0.25) is 5.91 Å². The van der Waals surface area contributed by atoms with Crippen LogP contribution in [0.2, 0.25) is 0 Å². The van der Waals surface area contributed by atoms with Crippen LogP contribution in [0.25, 0.3) is 0 Å². The highest BCUT2D eigenvalue weighted by atomic mass is 16.1. The fourth-order valence-electron chi connectivity index (χ4n) is 3.36. The van der Waals surface area contributed by atoms with Gasteiger partial charge in [0.25, 0.3) is 0 Å². The zero-order valence-electron chi connectivity index (χ0n) is 16.7. The van der Waals surface area contributed by atoms with Crippen molar-refractivity contribution in [2.24, 2.45) is 11.8 Å². The molecule has 142 valence electrons. The number of hydrogen-bond acceptors (Lipinski definition) is 5. The number of piperidine rings is 1. The van der Waals surface area contributed by atoms with Crippen LogP contribution in [0.15, 0.2) is 0 Å². The Hall–Kier alpha value is -2.16. The van der Waals surface area contributed by atoms with Crippen molar-refractivity contribution in [3.8, 4) is 6.07 Å². The van der Waals surface area contributed by atoms with E-state index in [0.717, 1.165) is 50.0 Å². The molecule has 2 heterocycles. The lowest BCUT2D eigenvalue weighted by Gasteiger charge is -2.33. The van der Waals surface area contributed by atoms with E-state index >= 15 is 0 Å². The summed E-state index contributed by atoms with van der Waals surface area (Å²) < 4.78 is 0. The number of carbonyl (C=O) groups excluding carboxylic acids is 1. The first-order valence-electron chi connectivity index (χ1n) is 9.76. The van der Waals surface area contributed by atoms with Gasteiger partial charge in [0, 0.05) is 25.0 Å².